The summed E-state index contributed by atoms with van der Waals surface area (Å²) in [5, 5.41) is 1.10. The van der Waals surface area contributed by atoms with E-state index in [9.17, 15) is 0 Å². The van der Waals surface area contributed by atoms with E-state index in [1.165, 1.54) is 18.0 Å². The Bertz CT molecular complexity index is 300. The van der Waals surface area contributed by atoms with Crippen LogP contribution in [0.15, 0.2) is 0 Å². The minimum atomic E-state index is 0.781. The van der Waals surface area contributed by atoms with Crippen molar-refractivity contribution < 1.29 is 0 Å². The van der Waals surface area contributed by atoms with Crippen LogP contribution in [0.25, 0.3) is 0 Å². The van der Waals surface area contributed by atoms with E-state index in [4.69, 9.17) is 0 Å². The van der Waals surface area contributed by atoms with Crippen LogP contribution in [0.2, 0.25) is 0 Å². The van der Waals surface area contributed by atoms with Crippen molar-refractivity contribution in [2.24, 2.45) is 11.8 Å². The first-order chi connectivity index (χ1) is 6.65. The predicted molar refractivity (Wildman–Crippen MR) is 59.8 cm³/mol. The molecule has 1 saturated heterocycles. The van der Waals surface area contributed by atoms with E-state index in [0.717, 1.165) is 35.9 Å². The molecule has 3 nitrogen and oxygen atoms in total. The number of aryl methyl sites for hydroxylation is 1. The quantitative estimate of drug-likeness (QED) is 0.714. The summed E-state index contributed by atoms with van der Waals surface area (Å²) in [4.78, 5) is 6.82. The van der Waals surface area contributed by atoms with Crippen molar-refractivity contribution in [3.63, 3.8) is 0 Å². The first kappa shape index (κ1) is 9.90. The van der Waals surface area contributed by atoms with Gasteiger partial charge in [-0.05, 0) is 25.2 Å². The van der Waals surface area contributed by atoms with Gasteiger partial charge < -0.3 is 4.90 Å². The third kappa shape index (κ3) is 2.05. The molecule has 4 heteroatoms. The lowest BCUT2D eigenvalue weighted by molar-refractivity contribution is 0.356. The molecule has 1 aliphatic rings. The van der Waals surface area contributed by atoms with Gasteiger partial charge in [-0.15, -0.1) is 0 Å². The van der Waals surface area contributed by atoms with E-state index in [-0.39, 0.29) is 0 Å². The van der Waals surface area contributed by atoms with Gasteiger partial charge in [-0.3, -0.25) is 0 Å². The van der Waals surface area contributed by atoms with Gasteiger partial charge in [0.05, 0.1) is 0 Å². The molecule has 0 spiro atoms. The van der Waals surface area contributed by atoms with Gasteiger partial charge in [0, 0.05) is 24.6 Å². The monoisotopic (exact) mass is 211 g/mol. The van der Waals surface area contributed by atoms with Crippen molar-refractivity contribution in [2.75, 3.05) is 18.0 Å². The summed E-state index contributed by atoms with van der Waals surface area (Å²) in [6.07, 6.45) is 1.34. The van der Waals surface area contributed by atoms with Gasteiger partial charge in [0.2, 0.25) is 5.13 Å². The summed E-state index contributed by atoms with van der Waals surface area (Å²) in [5.74, 6) is 2.46. The maximum atomic E-state index is 4.44. The molecule has 0 N–H and O–H groups in total. The second kappa shape index (κ2) is 3.85. The highest BCUT2D eigenvalue weighted by atomic mass is 32.1. The molecule has 0 amide bonds. The Morgan fingerprint density at radius 1 is 1.29 bits per heavy atom. The lowest BCUT2D eigenvalue weighted by Crippen LogP contribution is -2.38. The van der Waals surface area contributed by atoms with Crippen molar-refractivity contribution in [1.29, 1.82) is 0 Å². The molecular formula is C10H17N3S. The summed E-state index contributed by atoms with van der Waals surface area (Å²) >= 11 is 1.52. The first-order valence-corrected chi connectivity index (χ1v) is 5.97. The molecule has 1 aromatic rings. The van der Waals surface area contributed by atoms with Gasteiger partial charge in [0.15, 0.2) is 0 Å². The summed E-state index contributed by atoms with van der Waals surface area (Å²) in [7, 11) is 0. The Morgan fingerprint density at radius 3 is 2.43 bits per heavy atom. The number of aromatic nitrogens is 2. The average molecular weight is 211 g/mol. The van der Waals surface area contributed by atoms with Crippen LogP contribution in [0.3, 0.4) is 0 Å². The van der Waals surface area contributed by atoms with Crippen LogP contribution in [0, 0.1) is 18.8 Å². The van der Waals surface area contributed by atoms with Crippen LogP contribution in [0.1, 0.15) is 26.1 Å². The molecule has 1 aromatic heterocycles. The Hall–Kier alpha value is -0.640. The van der Waals surface area contributed by atoms with E-state index in [1.807, 2.05) is 6.92 Å². The van der Waals surface area contributed by atoms with Crippen molar-refractivity contribution in [1.82, 2.24) is 9.36 Å². The molecule has 0 saturated carbocycles. The van der Waals surface area contributed by atoms with E-state index in [2.05, 4.69) is 28.1 Å². The number of piperidine rings is 1. The Kier molecular flexibility index (Phi) is 2.72. The Labute approximate surface area is 89.3 Å². The van der Waals surface area contributed by atoms with E-state index in [1.54, 1.807) is 0 Å². The van der Waals surface area contributed by atoms with Gasteiger partial charge in [-0.1, -0.05) is 13.8 Å². The summed E-state index contributed by atoms with van der Waals surface area (Å²) < 4.78 is 4.23. The molecule has 2 atom stereocenters. The third-order valence-electron chi connectivity index (χ3n) is 2.66. The smallest absolute Gasteiger partial charge is 0.205 e. The second-order valence-corrected chi connectivity index (χ2v) is 5.21. The van der Waals surface area contributed by atoms with Gasteiger partial charge in [-0.2, -0.15) is 4.37 Å². The minimum absolute atomic E-state index is 0.781. The normalized spacial score (nSPS) is 28.1. The molecule has 78 valence electrons. The van der Waals surface area contributed by atoms with Crippen LogP contribution >= 0.6 is 11.5 Å². The Balaban J connectivity index is 2.10. The van der Waals surface area contributed by atoms with Crippen molar-refractivity contribution in [3.8, 4) is 0 Å². The molecular weight excluding hydrogens is 194 g/mol. The molecule has 14 heavy (non-hydrogen) atoms. The summed E-state index contributed by atoms with van der Waals surface area (Å²) in [6.45, 7) is 8.86. The fourth-order valence-electron chi connectivity index (χ4n) is 2.23. The maximum absolute atomic E-state index is 4.44. The molecule has 0 aromatic carbocycles. The molecule has 0 radical (unpaired) electrons. The van der Waals surface area contributed by atoms with Crippen LogP contribution < -0.4 is 4.90 Å². The SMILES string of the molecule is Cc1nsc(N2C[C@@H](C)C[C@H](C)C2)n1. The Morgan fingerprint density at radius 2 is 1.93 bits per heavy atom. The van der Waals surface area contributed by atoms with Crippen molar-refractivity contribution >= 4 is 16.7 Å². The van der Waals surface area contributed by atoms with Crippen LogP contribution in [-0.4, -0.2) is 22.4 Å². The van der Waals surface area contributed by atoms with Crippen LogP contribution in [-0.2, 0) is 0 Å². The molecule has 2 rings (SSSR count). The lowest BCUT2D eigenvalue weighted by atomic mass is 9.92. The van der Waals surface area contributed by atoms with Gasteiger partial charge >= 0.3 is 0 Å². The van der Waals surface area contributed by atoms with Crippen LogP contribution in [0.4, 0.5) is 5.13 Å². The zero-order valence-electron chi connectivity index (χ0n) is 9.03. The second-order valence-electron chi connectivity index (χ2n) is 4.48. The highest BCUT2D eigenvalue weighted by Crippen LogP contribution is 2.26. The van der Waals surface area contributed by atoms with Gasteiger partial charge in [0.25, 0.3) is 0 Å². The number of hydrogen-bond acceptors (Lipinski definition) is 4. The zero-order chi connectivity index (χ0) is 10.1. The first-order valence-electron chi connectivity index (χ1n) is 5.20. The highest BCUT2D eigenvalue weighted by molar-refractivity contribution is 7.09. The average Bonchev–Trinajstić information content (AvgIpc) is 2.50. The predicted octanol–water partition coefficient (Wildman–Crippen LogP) is 2.33. The molecule has 0 bridgehead atoms. The largest absolute Gasteiger partial charge is 0.346 e. The summed E-state index contributed by atoms with van der Waals surface area (Å²) in [6, 6.07) is 0. The summed E-state index contributed by atoms with van der Waals surface area (Å²) in [5.41, 5.74) is 0. The lowest BCUT2D eigenvalue weighted by Gasteiger charge is -2.34. The fraction of sp³-hybridized carbons (Fsp3) is 0.800. The van der Waals surface area contributed by atoms with Crippen molar-refractivity contribution in [2.45, 2.75) is 27.2 Å². The zero-order valence-corrected chi connectivity index (χ0v) is 9.84. The molecule has 0 aliphatic carbocycles. The minimum Gasteiger partial charge on any atom is -0.346 e. The van der Waals surface area contributed by atoms with Crippen LogP contribution in [0.5, 0.6) is 0 Å². The fourth-order valence-corrected chi connectivity index (χ4v) is 2.93. The number of nitrogens with zero attached hydrogens (tertiary/aromatic N) is 3. The van der Waals surface area contributed by atoms with E-state index < -0.39 is 0 Å². The third-order valence-corrected chi connectivity index (χ3v) is 3.52. The van der Waals surface area contributed by atoms with Gasteiger partial charge in [0.1, 0.15) is 5.82 Å². The maximum Gasteiger partial charge on any atom is 0.205 e. The topological polar surface area (TPSA) is 29.0 Å². The highest BCUT2D eigenvalue weighted by Gasteiger charge is 2.23. The molecule has 1 aliphatic heterocycles. The number of hydrogen-bond donors (Lipinski definition) is 0. The molecule has 2 heterocycles. The van der Waals surface area contributed by atoms with Crippen molar-refractivity contribution in [3.05, 3.63) is 5.82 Å². The number of rotatable bonds is 1. The molecule has 1 fully saturated rings. The standard InChI is InChI=1S/C10H17N3S/c1-7-4-8(2)6-13(5-7)10-11-9(3)12-14-10/h7-8H,4-6H2,1-3H3/t7-,8-/m0/s1. The number of anilines is 1. The van der Waals surface area contributed by atoms with E-state index >= 15 is 0 Å². The molecule has 0 unspecified atom stereocenters. The van der Waals surface area contributed by atoms with Gasteiger partial charge in [-0.25, -0.2) is 4.98 Å². The van der Waals surface area contributed by atoms with E-state index in [0.29, 0.717) is 0 Å².